The Labute approximate surface area is 167 Å². The van der Waals surface area contributed by atoms with Crippen LogP contribution in [-0.4, -0.2) is 54.9 Å². The lowest BCUT2D eigenvalue weighted by molar-refractivity contribution is 0.0695. The minimum atomic E-state index is -3.79. The average Bonchev–Trinajstić information content (AvgIpc) is 3.04. The van der Waals surface area contributed by atoms with Gasteiger partial charge in [0, 0.05) is 32.6 Å². The van der Waals surface area contributed by atoms with Crippen molar-refractivity contribution in [2.45, 2.75) is 25.2 Å². The molecule has 1 aromatic carbocycles. The van der Waals surface area contributed by atoms with Crippen LogP contribution in [0.2, 0.25) is 10.0 Å². The van der Waals surface area contributed by atoms with E-state index in [1.54, 1.807) is 17.9 Å². The number of halogens is 2. The van der Waals surface area contributed by atoms with E-state index in [9.17, 15) is 13.2 Å². The predicted molar refractivity (Wildman–Crippen MR) is 102 cm³/mol. The first-order valence-corrected chi connectivity index (χ1v) is 10.7. The van der Waals surface area contributed by atoms with Gasteiger partial charge >= 0.3 is 0 Å². The fourth-order valence-electron chi connectivity index (χ4n) is 3.04. The van der Waals surface area contributed by atoms with Gasteiger partial charge in [-0.2, -0.15) is 4.31 Å². The summed E-state index contributed by atoms with van der Waals surface area (Å²) in [5, 5.41) is 4.05. The van der Waals surface area contributed by atoms with E-state index >= 15 is 0 Å². The van der Waals surface area contributed by atoms with E-state index < -0.39 is 10.0 Å². The Morgan fingerprint density at radius 1 is 1.22 bits per heavy atom. The van der Waals surface area contributed by atoms with Crippen molar-refractivity contribution < 1.29 is 17.7 Å². The summed E-state index contributed by atoms with van der Waals surface area (Å²) in [4.78, 5) is 14.4. The number of hydrogen-bond donors (Lipinski definition) is 0. The number of nitrogens with zero attached hydrogens (tertiary/aromatic N) is 3. The SMILES string of the molecule is CCc1onc(C)c1C(=O)N1CCN(S(=O)(=O)c2cccc(Cl)c2Cl)CC1. The lowest BCUT2D eigenvalue weighted by Crippen LogP contribution is -2.50. The number of piperazine rings is 1. The van der Waals surface area contributed by atoms with Crippen molar-refractivity contribution in [3.8, 4) is 0 Å². The molecule has 0 radical (unpaired) electrons. The molecule has 0 N–H and O–H groups in total. The Kier molecular flexibility index (Phi) is 5.81. The number of aromatic nitrogens is 1. The summed E-state index contributed by atoms with van der Waals surface area (Å²) in [6, 6.07) is 4.50. The Balaban J connectivity index is 1.76. The van der Waals surface area contributed by atoms with Gasteiger partial charge in [-0.05, 0) is 19.1 Å². The van der Waals surface area contributed by atoms with Crippen LogP contribution >= 0.6 is 23.2 Å². The molecule has 0 bridgehead atoms. The van der Waals surface area contributed by atoms with Gasteiger partial charge in [0.25, 0.3) is 5.91 Å². The zero-order valence-electron chi connectivity index (χ0n) is 14.9. The second-order valence-electron chi connectivity index (χ2n) is 6.17. The molecular formula is C17H19Cl2N3O4S. The molecule has 1 aliphatic heterocycles. The molecule has 1 aromatic heterocycles. The number of hydrogen-bond acceptors (Lipinski definition) is 5. The quantitative estimate of drug-likeness (QED) is 0.742. The largest absolute Gasteiger partial charge is 0.360 e. The van der Waals surface area contributed by atoms with Gasteiger partial charge in [0.2, 0.25) is 10.0 Å². The summed E-state index contributed by atoms with van der Waals surface area (Å²) >= 11 is 12.0. The van der Waals surface area contributed by atoms with E-state index in [1.807, 2.05) is 6.92 Å². The minimum absolute atomic E-state index is 0.00496. The van der Waals surface area contributed by atoms with E-state index in [4.69, 9.17) is 27.7 Å². The first-order chi connectivity index (χ1) is 12.8. The number of carbonyl (C=O) groups is 1. The Hall–Kier alpha value is -1.61. The highest BCUT2D eigenvalue weighted by Crippen LogP contribution is 2.31. The fraction of sp³-hybridized carbons (Fsp3) is 0.412. The zero-order valence-corrected chi connectivity index (χ0v) is 17.2. The molecule has 0 aliphatic carbocycles. The summed E-state index contributed by atoms with van der Waals surface area (Å²) in [7, 11) is -3.79. The van der Waals surface area contributed by atoms with Crippen LogP contribution in [0.3, 0.4) is 0 Å². The molecule has 0 atom stereocenters. The third kappa shape index (κ3) is 3.71. The number of benzene rings is 1. The van der Waals surface area contributed by atoms with Gasteiger partial charge in [-0.1, -0.05) is 41.3 Å². The molecule has 0 unspecified atom stereocenters. The average molecular weight is 432 g/mol. The van der Waals surface area contributed by atoms with Crippen molar-refractivity contribution in [3.63, 3.8) is 0 Å². The molecule has 27 heavy (non-hydrogen) atoms. The Morgan fingerprint density at radius 3 is 2.52 bits per heavy atom. The fourth-order valence-corrected chi connectivity index (χ4v) is 5.20. The van der Waals surface area contributed by atoms with Crippen molar-refractivity contribution in [2.24, 2.45) is 0 Å². The summed E-state index contributed by atoms with van der Waals surface area (Å²) < 4.78 is 32.2. The maximum Gasteiger partial charge on any atom is 0.259 e. The number of amides is 1. The third-order valence-corrected chi connectivity index (χ3v) is 7.40. The highest BCUT2D eigenvalue weighted by molar-refractivity contribution is 7.89. The van der Waals surface area contributed by atoms with Crippen LogP contribution in [0.1, 0.15) is 28.7 Å². The lowest BCUT2D eigenvalue weighted by atomic mass is 10.1. The monoisotopic (exact) mass is 431 g/mol. The van der Waals surface area contributed by atoms with Crippen LogP contribution < -0.4 is 0 Å². The number of carbonyl (C=O) groups excluding carboxylic acids is 1. The number of aryl methyl sites for hydroxylation is 2. The third-order valence-electron chi connectivity index (χ3n) is 4.53. The maximum absolute atomic E-state index is 12.9. The molecule has 1 saturated heterocycles. The summed E-state index contributed by atoms with van der Waals surface area (Å²) in [6.07, 6.45) is 0.559. The molecule has 0 saturated carbocycles. The summed E-state index contributed by atoms with van der Waals surface area (Å²) in [6.45, 7) is 4.48. The normalized spacial score (nSPS) is 15.9. The molecule has 1 aliphatic rings. The number of rotatable bonds is 4. The van der Waals surface area contributed by atoms with Gasteiger partial charge in [-0.25, -0.2) is 8.42 Å². The van der Waals surface area contributed by atoms with Gasteiger partial charge in [0.1, 0.15) is 16.2 Å². The molecule has 2 heterocycles. The zero-order chi connectivity index (χ0) is 19.8. The van der Waals surface area contributed by atoms with E-state index in [-0.39, 0.29) is 47.0 Å². The highest BCUT2D eigenvalue weighted by atomic mass is 35.5. The van der Waals surface area contributed by atoms with Crippen molar-refractivity contribution >= 4 is 39.1 Å². The molecule has 3 rings (SSSR count). The maximum atomic E-state index is 12.9. The van der Waals surface area contributed by atoms with Crippen molar-refractivity contribution in [2.75, 3.05) is 26.2 Å². The van der Waals surface area contributed by atoms with E-state index in [2.05, 4.69) is 5.16 Å². The van der Waals surface area contributed by atoms with Gasteiger partial charge in [0.15, 0.2) is 0 Å². The molecule has 0 spiro atoms. The first kappa shape index (κ1) is 20.1. The van der Waals surface area contributed by atoms with Crippen LogP contribution in [0, 0.1) is 6.92 Å². The van der Waals surface area contributed by atoms with Crippen LogP contribution in [0.5, 0.6) is 0 Å². The molecule has 146 valence electrons. The van der Waals surface area contributed by atoms with E-state index in [0.717, 1.165) is 0 Å². The topological polar surface area (TPSA) is 83.7 Å². The van der Waals surface area contributed by atoms with Gasteiger partial charge in [-0.3, -0.25) is 4.79 Å². The van der Waals surface area contributed by atoms with Crippen LogP contribution in [0.4, 0.5) is 0 Å². The number of sulfonamides is 1. The van der Waals surface area contributed by atoms with Gasteiger partial charge < -0.3 is 9.42 Å². The molecule has 1 fully saturated rings. The van der Waals surface area contributed by atoms with E-state index in [1.165, 1.54) is 16.4 Å². The van der Waals surface area contributed by atoms with Crippen molar-refractivity contribution in [1.29, 1.82) is 0 Å². The molecule has 10 heteroatoms. The van der Waals surface area contributed by atoms with E-state index in [0.29, 0.717) is 23.4 Å². The van der Waals surface area contributed by atoms with Crippen LogP contribution in [-0.2, 0) is 16.4 Å². The first-order valence-electron chi connectivity index (χ1n) is 8.46. The predicted octanol–water partition coefficient (Wildman–Crippen LogP) is 3.00. The second-order valence-corrected chi connectivity index (χ2v) is 8.86. The van der Waals surface area contributed by atoms with Gasteiger partial charge in [-0.15, -0.1) is 0 Å². The Bertz CT molecular complexity index is 967. The Morgan fingerprint density at radius 2 is 1.89 bits per heavy atom. The molecule has 1 amide bonds. The van der Waals surface area contributed by atoms with Crippen LogP contribution in [0.25, 0.3) is 0 Å². The molecular weight excluding hydrogens is 413 g/mol. The molecule has 2 aromatic rings. The minimum Gasteiger partial charge on any atom is -0.360 e. The second kappa shape index (κ2) is 7.79. The summed E-state index contributed by atoms with van der Waals surface area (Å²) in [5.74, 6) is 0.349. The lowest BCUT2D eigenvalue weighted by Gasteiger charge is -2.34. The van der Waals surface area contributed by atoms with Crippen LogP contribution in [0.15, 0.2) is 27.6 Å². The highest BCUT2D eigenvalue weighted by Gasteiger charge is 2.33. The smallest absolute Gasteiger partial charge is 0.259 e. The van der Waals surface area contributed by atoms with Crippen molar-refractivity contribution in [3.05, 3.63) is 45.3 Å². The standard InChI is InChI=1S/C17H19Cl2N3O4S/c1-3-13-15(11(2)20-26-13)17(23)21-7-9-22(10-8-21)27(24,25)14-6-4-5-12(18)16(14)19/h4-6H,3,7-10H2,1-2H3. The van der Waals surface area contributed by atoms with Crippen molar-refractivity contribution in [1.82, 2.24) is 14.4 Å². The van der Waals surface area contributed by atoms with Gasteiger partial charge in [0.05, 0.1) is 15.7 Å². The molecule has 7 nitrogen and oxygen atoms in total. The summed E-state index contributed by atoms with van der Waals surface area (Å²) in [5.41, 5.74) is 1.00.